The molecule has 0 saturated heterocycles. The van der Waals surface area contributed by atoms with Gasteiger partial charge in [0.1, 0.15) is 13.7 Å². The molecule has 0 bridgehead atoms. The SMILES string of the molecule is Cc1ccccc1N(c1c2ccccc2c(-c2ccc3c(c2)[Si](C)(C)c2cc4c5ccccc5c5ccccc5c4cc2-3)c2ccccc12)c1cccc2c1oc1ccccc12. The van der Waals surface area contributed by atoms with Crippen LogP contribution in [-0.4, -0.2) is 8.07 Å². The zero-order valence-corrected chi connectivity index (χ0v) is 35.8. The zero-order chi connectivity index (χ0) is 41.3. The van der Waals surface area contributed by atoms with Crippen molar-refractivity contribution in [3.63, 3.8) is 0 Å². The third kappa shape index (κ3) is 4.85. The molecule has 11 aromatic carbocycles. The molecular formula is C59H41NOSi. The summed E-state index contributed by atoms with van der Waals surface area (Å²) in [6, 6.07) is 72.1. The Hall–Kier alpha value is -7.46. The molecule has 292 valence electrons. The minimum Gasteiger partial charge on any atom is -0.454 e. The highest BCUT2D eigenvalue weighted by atomic mass is 28.3. The first kappa shape index (κ1) is 35.3. The molecule has 0 spiro atoms. The Morgan fingerprint density at radius 1 is 0.387 bits per heavy atom. The summed E-state index contributed by atoms with van der Waals surface area (Å²) in [6.45, 7) is 7.31. The highest BCUT2D eigenvalue weighted by Gasteiger charge is 2.38. The molecule has 0 saturated carbocycles. The van der Waals surface area contributed by atoms with Gasteiger partial charge < -0.3 is 9.32 Å². The number of hydrogen-bond acceptors (Lipinski definition) is 2. The molecule has 1 aliphatic heterocycles. The normalized spacial score (nSPS) is 13.2. The molecule has 13 rings (SSSR count). The first-order chi connectivity index (χ1) is 30.5. The third-order valence-electron chi connectivity index (χ3n) is 13.9. The van der Waals surface area contributed by atoms with Gasteiger partial charge in [-0.15, -0.1) is 0 Å². The predicted molar refractivity (Wildman–Crippen MR) is 268 cm³/mol. The number of fused-ring (bicyclic) bond motifs is 14. The van der Waals surface area contributed by atoms with Crippen LogP contribution in [0.3, 0.4) is 0 Å². The van der Waals surface area contributed by atoms with Crippen LogP contribution in [0.15, 0.2) is 199 Å². The van der Waals surface area contributed by atoms with Crippen LogP contribution >= 0.6 is 0 Å². The Bertz CT molecular complexity index is 3820. The van der Waals surface area contributed by atoms with E-state index < -0.39 is 8.07 Å². The summed E-state index contributed by atoms with van der Waals surface area (Å²) in [4.78, 5) is 2.46. The van der Waals surface area contributed by atoms with Crippen molar-refractivity contribution in [3.05, 3.63) is 200 Å². The zero-order valence-electron chi connectivity index (χ0n) is 34.8. The number of anilines is 3. The Balaban J connectivity index is 1.07. The molecule has 2 nitrogen and oxygen atoms in total. The van der Waals surface area contributed by atoms with Gasteiger partial charge in [-0.2, -0.15) is 0 Å². The Morgan fingerprint density at radius 3 is 1.55 bits per heavy atom. The van der Waals surface area contributed by atoms with E-state index in [4.69, 9.17) is 4.42 Å². The number of furan rings is 1. The third-order valence-corrected chi connectivity index (χ3v) is 17.5. The van der Waals surface area contributed by atoms with Crippen molar-refractivity contribution in [2.24, 2.45) is 0 Å². The van der Waals surface area contributed by atoms with Crippen molar-refractivity contribution in [1.82, 2.24) is 0 Å². The van der Waals surface area contributed by atoms with Gasteiger partial charge in [0.05, 0.1) is 11.4 Å². The Labute approximate surface area is 360 Å². The second kappa shape index (κ2) is 13.0. The van der Waals surface area contributed by atoms with Crippen LogP contribution in [0, 0.1) is 6.92 Å². The molecule has 3 heteroatoms. The molecule has 0 atom stereocenters. The minimum absolute atomic E-state index is 0.883. The van der Waals surface area contributed by atoms with Crippen LogP contribution in [0.25, 0.3) is 98.1 Å². The highest BCUT2D eigenvalue weighted by Crippen LogP contribution is 2.51. The lowest BCUT2D eigenvalue weighted by molar-refractivity contribution is 0.669. The van der Waals surface area contributed by atoms with E-state index in [1.165, 1.54) is 92.1 Å². The van der Waals surface area contributed by atoms with E-state index >= 15 is 0 Å². The molecule has 0 amide bonds. The summed E-state index contributed by atoms with van der Waals surface area (Å²) in [6.07, 6.45) is 0. The monoisotopic (exact) mass is 807 g/mol. The fourth-order valence-corrected chi connectivity index (χ4v) is 14.1. The van der Waals surface area contributed by atoms with Gasteiger partial charge in [-0.3, -0.25) is 0 Å². The summed E-state index contributed by atoms with van der Waals surface area (Å²) in [5.41, 5.74) is 11.6. The largest absolute Gasteiger partial charge is 0.454 e. The summed E-state index contributed by atoms with van der Waals surface area (Å²) in [5, 5.41) is 18.1. The molecule has 0 aliphatic carbocycles. The van der Waals surface area contributed by atoms with E-state index in [9.17, 15) is 0 Å². The summed E-state index contributed by atoms with van der Waals surface area (Å²) < 4.78 is 6.78. The van der Waals surface area contributed by atoms with Crippen LogP contribution in [0.5, 0.6) is 0 Å². The van der Waals surface area contributed by atoms with Gasteiger partial charge >= 0.3 is 0 Å². The quantitative estimate of drug-likeness (QED) is 0.100. The molecule has 1 aliphatic rings. The van der Waals surface area contributed by atoms with E-state index in [0.717, 1.165) is 39.0 Å². The van der Waals surface area contributed by atoms with Crippen molar-refractivity contribution in [3.8, 4) is 22.3 Å². The van der Waals surface area contributed by atoms with Gasteiger partial charge in [-0.1, -0.05) is 183 Å². The molecule has 12 aromatic rings. The van der Waals surface area contributed by atoms with Crippen LogP contribution in [0.1, 0.15) is 5.56 Å². The summed E-state index contributed by atoms with van der Waals surface area (Å²) in [5.74, 6) is 0. The highest BCUT2D eigenvalue weighted by molar-refractivity contribution is 7.04. The lowest BCUT2D eigenvalue weighted by Crippen LogP contribution is -2.49. The lowest BCUT2D eigenvalue weighted by atomic mass is 9.88. The lowest BCUT2D eigenvalue weighted by Gasteiger charge is -2.30. The molecule has 0 N–H and O–H groups in total. The average Bonchev–Trinajstić information content (AvgIpc) is 3.80. The molecule has 0 radical (unpaired) electrons. The van der Waals surface area contributed by atoms with E-state index in [2.05, 4.69) is 219 Å². The summed E-state index contributed by atoms with van der Waals surface area (Å²) in [7, 11) is -2.14. The first-order valence-corrected chi connectivity index (χ1v) is 24.7. The number of aryl methyl sites for hydroxylation is 1. The Morgan fingerprint density at radius 2 is 0.887 bits per heavy atom. The fourth-order valence-electron chi connectivity index (χ4n) is 11.0. The summed E-state index contributed by atoms with van der Waals surface area (Å²) >= 11 is 0. The second-order valence-electron chi connectivity index (χ2n) is 17.6. The van der Waals surface area contributed by atoms with Crippen LogP contribution in [-0.2, 0) is 0 Å². The van der Waals surface area contributed by atoms with Gasteiger partial charge in [-0.25, -0.2) is 0 Å². The van der Waals surface area contributed by atoms with Crippen molar-refractivity contribution >= 4 is 111 Å². The average molecular weight is 808 g/mol. The predicted octanol–water partition coefficient (Wildman–Crippen LogP) is 15.6. The molecule has 0 fully saturated rings. The fraction of sp³-hybridized carbons (Fsp3) is 0.0508. The number of hydrogen-bond donors (Lipinski definition) is 0. The van der Waals surface area contributed by atoms with Crippen molar-refractivity contribution in [2.45, 2.75) is 20.0 Å². The van der Waals surface area contributed by atoms with Gasteiger partial charge in [0, 0.05) is 27.2 Å². The van der Waals surface area contributed by atoms with Crippen molar-refractivity contribution in [2.75, 3.05) is 4.90 Å². The smallest absolute Gasteiger partial charge is 0.159 e. The number of benzene rings is 11. The van der Waals surface area contributed by atoms with Gasteiger partial charge in [0.2, 0.25) is 0 Å². The molecule has 62 heavy (non-hydrogen) atoms. The van der Waals surface area contributed by atoms with Crippen LogP contribution in [0.4, 0.5) is 17.1 Å². The molecule has 1 aromatic heterocycles. The number of rotatable bonds is 4. The van der Waals surface area contributed by atoms with Gasteiger partial charge in [-0.05, 0) is 112 Å². The first-order valence-electron chi connectivity index (χ1n) is 21.7. The molecule has 0 unspecified atom stereocenters. The number of nitrogens with zero attached hydrogens (tertiary/aromatic N) is 1. The van der Waals surface area contributed by atoms with E-state index in [0.29, 0.717) is 0 Å². The van der Waals surface area contributed by atoms with E-state index in [-0.39, 0.29) is 0 Å². The molecular weight excluding hydrogens is 767 g/mol. The Kier molecular flexibility index (Phi) is 7.41. The number of para-hydroxylation sites is 3. The maximum atomic E-state index is 6.78. The van der Waals surface area contributed by atoms with Gasteiger partial charge in [0.25, 0.3) is 0 Å². The maximum Gasteiger partial charge on any atom is 0.159 e. The van der Waals surface area contributed by atoms with Crippen molar-refractivity contribution < 1.29 is 4.42 Å². The standard InChI is InChI=1S/C59H41NOSi/c1-36-17-4-14-28-52(36)60(53-29-16-27-48-42-22-13-15-30-54(42)61-59(48)53)58-46-25-11-9-23-44(46)57(45-24-10-12-26-47(45)58)37-31-32-43-51-34-49-40-20-7-5-18-38(40)39-19-6-8-21-41(39)50(49)35-56(51)62(2,3)55(43)33-37/h4-35H,1-3H3. The minimum atomic E-state index is -2.14. The van der Waals surface area contributed by atoms with E-state index in [1.54, 1.807) is 0 Å². The van der Waals surface area contributed by atoms with Crippen LogP contribution < -0.4 is 15.3 Å². The maximum absolute atomic E-state index is 6.78. The molecule has 2 heterocycles. The van der Waals surface area contributed by atoms with Crippen LogP contribution in [0.2, 0.25) is 13.1 Å². The van der Waals surface area contributed by atoms with Crippen molar-refractivity contribution in [1.29, 1.82) is 0 Å². The van der Waals surface area contributed by atoms with Gasteiger partial charge in [0.15, 0.2) is 5.58 Å². The topological polar surface area (TPSA) is 16.4 Å². The van der Waals surface area contributed by atoms with E-state index in [1.807, 2.05) is 0 Å². The second-order valence-corrected chi connectivity index (χ2v) is 21.9.